The van der Waals surface area contributed by atoms with Crippen LogP contribution in [0, 0.1) is 0 Å². The number of hydrogen-bond acceptors (Lipinski definition) is 3. The normalized spacial score (nSPS) is 30.8. The quantitative estimate of drug-likeness (QED) is 0.793. The molecule has 0 amide bonds. The van der Waals surface area contributed by atoms with E-state index < -0.39 is 5.60 Å². The molecule has 2 unspecified atom stereocenters. The molecule has 16 heavy (non-hydrogen) atoms. The van der Waals surface area contributed by atoms with Crippen LogP contribution in [0.3, 0.4) is 0 Å². The number of nitrogens with zero attached hydrogens (tertiary/aromatic N) is 1. The summed E-state index contributed by atoms with van der Waals surface area (Å²) in [5.74, 6) is 0.271. The van der Waals surface area contributed by atoms with Crippen LogP contribution in [-0.4, -0.2) is 40.3 Å². The van der Waals surface area contributed by atoms with Crippen molar-refractivity contribution in [3.8, 4) is 5.75 Å². The lowest BCUT2D eigenvalue weighted by Crippen LogP contribution is -2.34. The van der Waals surface area contributed by atoms with Crippen molar-refractivity contribution >= 4 is 0 Å². The molecule has 2 atom stereocenters. The number of aliphatic hydroxyl groups is 1. The van der Waals surface area contributed by atoms with Gasteiger partial charge in [0, 0.05) is 19.0 Å². The highest BCUT2D eigenvalue weighted by Gasteiger charge is 2.38. The molecule has 88 valence electrons. The second kappa shape index (κ2) is 4.07. The minimum absolute atomic E-state index is 0.271. The van der Waals surface area contributed by atoms with Crippen molar-refractivity contribution in [3.63, 3.8) is 0 Å². The Bertz CT molecular complexity index is 351. The van der Waals surface area contributed by atoms with Gasteiger partial charge < -0.3 is 15.1 Å². The van der Waals surface area contributed by atoms with Crippen molar-refractivity contribution in [2.75, 3.05) is 13.6 Å². The number of phenols is 1. The largest absolute Gasteiger partial charge is 0.508 e. The van der Waals surface area contributed by atoms with Gasteiger partial charge in [0.05, 0.1) is 5.60 Å². The van der Waals surface area contributed by atoms with Crippen molar-refractivity contribution in [1.29, 1.82) is 0 Å². The topological polar surface area (TPSA) is 43.7 Å². The number of rotatable bonds is 2. The first kappa shape index (κ1) is 11.4. The van der Waals surface area contributed by atoms with Crippen LogP contribution in [-0.2, 0) is 6.42 Å². The van der Waals surface area contributed by atoms with Crippen molar-refractivity contribution in [1.82, 2.24) is 4.90 Å². The molecule has 3 heteroatoms. The van der Waals surface area contributed by atoms with Gasteiger partial charge in [0.1, 0.15) is 5.75 Å². The predicted octanol–water partition coefficient (Wildman–Crippen LogP) is 1.39. The standard InChI is InChI=1S/C13H19NO2/c1-10-7-13(16,9-14(10)2)8-11-3-5-12(15)6-4-11/h3-6,10,15-16H,7-9H2,1-2H3. The fourth-order valence-electron chi connectivity index (χ4n) is 2.51. The Balaban J connectivity index is 2.07. The lowest BCUT2D eigenvalue weighted by atomic mass is 9.92. The van der Waals surface area contributed by atoms with E-state index in [4.69, 9.17) is 0 Å². The van der Waals surface area contributed by atoms with E-state index in [-0.39, 0.29) is 5.75 Å². The van der Waals surface area contributed by atoms with Crippen LogP contribution >= 0.6 is 0 Å². The second-order valence-corrected chi connectivity index (χ2v) is 5.04. The molecule has 2 rings (SSSR count). The maximum absolute atomic E-state index is 10.5. The summed E-state index contributed by atoms with van der Waals surface area (Å²) in [6.45, 7) is 2.85. The van der Waals surface area contributed by atoms with E-state index in [9.17, 15) is 10.2 Å². The van der Waals surface area contributed by atoms with Crippen molar-refractivity contribution in [2.45, 2.75) is 31.4 Å². The smallest absolute Gasteiger partial charge is 0.115 e. The average Bonchev–Trinajstić information content (AvgIpc) is 2.45. The van der Waals surface area contributed by atoms with Gasteiger partial charge in [-0.2, -0.15) is 0 Å². The molecular formula is C13H19NO2. The van der Waals surface area contributed by atoms with Crippen LogP contribution < -0.4 is 0 Å². The molecule has 0 spiro atoms. The summed E-state index contributed by atoms with van der Waals surface area (Å²) in [5, 5.41) is 19.6. The monoisotopic (exact) mass is 221 g/mol. The maximum Gasteiger partial charge on any atom is 0.115 e. The third kappa shape index (κ3) is 2.36. The molecule has 0 aliphatic carbocycles. The van der Waals surface area contributed by atoms with Gasteiger partial charge >= 0.3 is 0 Å². The molecule has 1 aliphatic heterocycles. The van der Waals surface area contributed by atoms with Crippen LogP contribution in [0.1, 0.15) is 18.9 Å². The highest BCUT2D eigenvalue weighted by atomic mass is 16.3. The van der Waals surface area contributed by atoms with E-state index in [0.717, 1.165) is 18.5 Å². The highest BCUT2D eigenvalue weighted by Crippen LogP contribution is 2.29. The number of phenolic OH excluding ortho intramolecular Hbond substituents is 1. The van der Waals surface area contributed by atoms with Crippen LogP contribution in [0.2, 0.25) is 0 Å². The zero-order chi connectivity index (χ0) is 11.8. The molecule has 0 radical (unpaired) electrons. The lowest BCUT2D eigenvalue weighted by molar-refractivity contribution is 0.0520. The van der Waals surface area contributed by atoms with Crippen molar-refractivity contribution in [3.05, 3.63) is 29.8 Å². The molecule has 1 saturated heterocycles. The first-order valence-electron chi connectivity index (χ1n) is 5.69. The Kier molecular flexibility index (Phi) is 2.91. The Morgan fingerprint density at radius 1 is 1.38 bits per heavy atom. The number of β-amino-alcohol motifs (C(OH)–C–C–N with tert-alkyl or cyclic N) is 1. The summed E-state index contributed by atoms with van der Waals surface area (Å²) < 4.78 is 0. The lowest BCUT2D eigenvalue weighted by Gasteiger charge is -2.22. The van der Waals surface area contributed by atoms with Crippen LogP contribution in [0.5, 0.6) is 5.75 Å². The summed E-state index contributed by atoms with van der Waals surface area (Å²) in [4.78, 5) is 2.18. The first-order chi connectivity index (χ1) is 7.48. The van der Waals surface area contributed by atoms with Gasteiger partial charge in [-0.1, -0.05) is 12.1 Å². The minimum Gasteiger partial charge on any atom is -0.508 e. The zero-order valence-electron chi connectivity index (χ0n) is 9.85. The Hall–Kier alpha value is -1.06. The van der Waals surface area contributed by atoms with Crippen molar-refractivity contribution < 1.29 is 10.2 Å². The highest BCUT2D eigenvalue weighted by molar-refractivity contribution is 5.27. The van der Waals surface area contributed by atoms with E-state index in [1.165, 1.54) is 0 Å². The zero-order valence-corrected chi connectivity index (χ0v) is 9.85. The summed E-state index contributed by atoms with van der Waals surface area (Å²) in [6, 6.07) is 7.51. The molecule has 1 heterocycles. The predicted molar refractivity (Wildman–Crippen MR) is 63.5 cm³/mol. The number of aromatic hydroxyl groups is 1. The van der Waals surface area contributed by atoms with E-state index >= 15 is 0 Å². The van der Waals surface area contributed by atoms with Crippen LogP contribution in [0.25, 0.3) is 0 Å². The number of benzene rings is 1. The molecule has 1 aromatic rings. The summed E-state index contributed by atoms with van der Waals surface area (Å²) in [6.07, 6.45) is 1.46. The molecule has 0 aromatic heterocycles. The van der Waals surface area contributed by atoms with Gasteiger partial charge in [-0.05, 0) is 38.1 Å². The Morgan fingerprint density at radius 3 is 2.50 bits per heavy atom. The summed E-state index contributed by atoms with van der Waals surface area (Å²) in [7, 11) is 2.04. The van der Waals surface area contributed by atoms with Gasteiger partial charge in [-0.25, -0.2) is 0 Å². The Labute approximate surface area is 96.3 Å². The number of hydrogen-bond donors (Lipinski definition) is 2. The molecule has 0 bridgehead atoms. The SMILES string of the molecule is CC1CC(O)(Cc2ccc(O)cc2)CN1C. The molecule has 3 nitrogen and oxygen atoms in total. The molecule has 0 saturated carbocycles. The van der Waals surface area contributed by atoms with Gasteiger partial charge in [0.2, 0.25) is 0 Å². The fourth-order valence-corrected chi connectivity index (χ4v) is 2.51. The van der Waals surface area contributed by atoms with Gasteiger partial charge in [0.25, 0.3) is 0 Å². The first-order valence-corrected chi connectivity index (χ1v) is 5.69. The van der Waals surface area contributed by atoms with Gasteiger partial charge in [-0.15, -0.1) is 0 Å². The third-order valence-corrected chi connectivity index (χ3v) is 3.44. The Morgan fingerprint density at radius 2 is 2.00 bits per heavy atom. The summed E-state index contributed by atoms with van der Waals surface area (Å²) >= 11 is 0. The fraction of sp³-hybridized carbons (Fsp3) is 0.538. The van der Waals surface area contributed by atoms with E-state index in [1.807, 2.05) is 19.2 Å². The molecule has 1 fully saturated rings. The molecule has 1 aromatic carbocycles. The van der Waals surface area contributed by atoms with E-state index in [1.54, 1.807) is 12.1 Å². The minimum atomic E-state index is -0.620. The second-order valence-electron chi connectivity index (χ2n) is 5.04. The van der Waals surface area contributed by atoms with E-state index in [0.29, 0.717) is 12.5 Å². The maximum atomic E-state index is 10.5. The van der Waals surface area contributed by atoms with Crippen LogP contribution in [0.15, 0.2) is 24.3 Å². The van der Waals surface area contributed by atoms with Gasteiger partial charge in [0.15, 0.2) is 0 Å². The van der Waals surface area contributed by atoms with E-state index in [2.05, 4.69) is 11.8 Å². The molecule has 2 N–H and O–H groups in total. The van der Waals surface area contributed by atoms with Gasteiger partial charge in [-0.3, -0.25) is 0 Å². The van der Waals surface area contributed by atoms with Crippen LogP contribution in [0.4, 0.5) is 0 Å². The molecular weight excluding hydrogens is 202 g/mol. The average molecular weight is 221 g/mol. The number of likely N-dealkylation sites (N-methyl/N-ethyl adjacent to an activating group) is 1. The summed E-state index contributed by atoms with van der Waals surface area (Å²) in [5.41, 5.74) is 0.452. The number of likely N-dealkylation sites (tertiary alicyclic amines) is 1. The third-order valence-electron chi connectivity index (χ3n) is 3.44. The van der Waals surface area contributed by atoms with Crippen molar-refractivity contribution in [2.24, 2.45) is 0 Å². The molecule has 1 aliphatic rings.